The van der Waals surface area contributed by atoms with Crippen LogP contribution in [-0.4, -0.2) is 19.9 Å². The quantitative estimate of drug-likeness (QED) is 0.724. The van der Waals surface area contributed by atoms with Gasteiger partial charge in [0.05, 0.1) is 22.5 Å². The molecule has 3 heterocycles. The minimum Gasteiger partial charge on any atom is -0.507 e. The fraction of sp³-hybridized carbons (Fsp3) is 0. The summed E-state index contributed by atoms with van der Waals surface area (Å²) in [5.41, 5.74) is 8.20. The molecule has 0 aliphatic heterocycles. The van der Waals surface area contributed by atoms with Crippen molar-refractivity contribution in [3.05, 3.63) is 53.5 Å². The number of nitrogens with two attached hydrogens (primary N) is 1. The van der Waals surface area contributed by atoms with Crippen LogP contribution in [0.3, 0.4) is 0 Å². The molecule has 3 N–H and O–H groups in total. The predicted molar refractivity (Wildman–Crippen MR) is 80.7 cm³/mol. The highest BCUT2D eigenvalue weighted by Crippen LogP contribution is 2.37. The fourth-order valence-electron chi connectivity index (χ4n) is 1.96. The highest BCUT2D eigenvalue weighted by Gasteiger charge is 2.16. The Balaban J connectivity index is 2.13. The van der Waals surface area contributed by atoms with Crippen molar-refractivity contribution >= 4 is 22.8 Å². The standard InChI is InChI=1S/C14H12N4OS/c1-9(19)14-13(15)10(8-20-14)11-5-7-17-18(11)12-4-2-3-6-16-12/h2-8,19H,1,15H2. The summed E-state index contributed by atoms with van der Waals surface area (Å²) in [6.45, 7) is 3.51. The van der Waals surface area contributed by atoms with Gasteiger partial charge in [-0.15, -0.1) is 11.3 Å². The van der Waals surface area contributed by atoms with Crippen molar-refractivity contribution in [2.75, 3.05) is 5.73 Å². The van der Waals surface area contributed by atoms with Crippen molar-refractivity contribution in [1.82, 2.24) is 14.8 Å². The van der Waals surface area contributed by atoms with E-state index in [1.54, 1.807) is 17.1 Å². The SMILES string of the molecule is C=C(O)c1scc(-c2ccnn2-c2ccccn2)c1N. The van der Waals surface area contributed by atoms with Crippen LogP contribution in [-0.2, 0) is 0 Å². The van der Waals surface area contributed by atoms with E-state index >= 15 is 0 Å². The number of nitrogens with zero attached hydrogens (tertiary/aromatic N) is 3. The molecular weight excluding hydrogens is 272 g/mol. The average Bonchev–Trinajstić information content (AvgIpc) is 3.05. The number of hydrogen-bond donors (Lipinski definition) is 2. The van der Waals surface area contributed by atoms with Gasteiger partial charge in [-0.05, 0) is 18.2 Å². The summed E-state index contributed by atoms with van der Waals surface area (Å²) in [7, 11) is 0. The van der Waals surface area contributed by atoms with Crippen LogP contribution >= 0.6 is 11.3 Å². The van der Waals surface area contributed by atoms with Gasteiger partial charge < -0.3 is 10.8 Å². The van der Waals surface area contributed by atoms with E-state index in [4.69, 9.17) is 5.73 Å². The van der Waals surface area contributed by atoms with Gasteiger partial charge in [0, 0.05) is 17.1 Å². The summed E-state index contributed by atoms with van der Waals surface area (Å²) in [5, 5.41) is 15.7. The number of anilines is 1. The second-order valence-corrected chi connectivity index (χ2v) is 5.03. The first-order valence-electron chi connectivity index (χ1n) is 5.89. The Morgan fingerprint density at radius 2 is 2.15 bits per heavy atom. The van der Waals surface area contributed by atoms with Gasteiger partial charge in [0.25, 0.3) is 0 Å². The van der Waals surface area contributed by atoms with Gasteiger partial charge in [0.15, 0.2) is 5.82 Å². The molecule has 0 unspecified atom stereocenters. The third-order valence-electron chi connectivity index (χ3n) is 2.88. The van der Waals surface area contributed by atoms with Crippen LogP contribution in [0.5, 0.6) is 0 Å². The molecule has 3 rings (SSSR count). The summed E-state index contributed by atoms with van der Waals surface area (Å²) >= 11 is 1.35. The molecule has 0 aliphatic carbocycles. The minimum absolute atomic E-state index is 0.0253. The van der Waals surface area contributed by atoms with Crippen LogP contribution in [0, 0.1) is 0 Å². The highest BCUT2D eigenvalue weighted by atomic mass is 32.1. The van der Waals surface area contributed by atoms with E-state index < -0.39 is 0 Å². The molecule has 3 aromatic heterocycles. The third kappa shape index (κ3) is 1.96. The van der Waals surface area contributed by atoms with Crippen LogP contribution in [0.1, 0.15) is 4.88 Å². The van der Waals surface area contributed by atoms with Crippen LogP contribution in [0.4, 0.5) is 5.69 Å². The fourth-order valence-corrected chi connectivity index (χ4v) is 2.81. The Hall–Kier alpha value is -2.60. The third-order valence-corrected chi connectivity index (χ3v) is 3.92. The first-order valence-corrected chi connectivity index (χ1v) is 6.77. The molecule has 0 radical (unpaired) electrons. The van der Waals surface area contributed by atoms with Crippen molar-refractivity contribution in [3.63, 3.8) is 0 Å². The molecule has 6 heteroatoms. The Labute approximate surface area is 119 Å². The maximum atomic E-state index is 9.50. The second kappa shape index (κ2) is 4.82. The van der Waals surface area contributed by atoms with Crippen LogP contribution < -0.4 is 5.73 Å². The molecule has 0 saturated heterocycles. The Morgan fingerprint density at radius 3 is 2.80 bits per heavy atom. The van der Waals surface area contributed by atoms with Crippen molar-refractivity contribution < 1.29 is 5.11 Å². The summed E-state index contributed by atoms with van der Waals surface area (Å²) in [4.78, 5) is 4.85. The number of pyridine rings is 1. The molecule has 100 valence electrons. The predicted octanol–water partition coefficient (Wildman–Crippen LogP) is 3.11. The normalized spacial score (nSPS) is 10.6. The average molecular weight is 284 g/mol. The lowest BCUT2D eigenvalue weighted by atomic mass is 10.2. The molecular formula is C14H12N4OS. The van der Waals surface area contributed by atoms with E-state index in [9.17, 15) is 5.11 Å². The topological polar surface area (TPSA) is 77.0 Å². The molecule has 0 aliphatic rings. The lowest BCUT2D eigenvalue weighted by molar-refractivity contribution is 0.516. The van der Waals surface area contributed by atoms with Gasteiger partial charge >= 0.3 is 0 Å². The van der Waals surface area contributed by atoms with E-state index in [1.165, 1.54) is 11.3 Å². The van der Waals surface area contributed by atoms with E-state index in [2.05, 4.69) is 16.7 Å². The number of hydrogen-bond acceptors (Lipinski definition) is 5. The Bertz CT molecular complexity index is 761. The Morgan fingerprint density at radius 1 is 1.30 bits per heavy atom. The molecule has 0 atom stereocenters. The van der Waals surface area contributed by atoms with E-state index in [1.807, 2.05) is 29.6 Å². The van der Waals surface area contributed by atoms with E-state index in [0.717, 1.165) is 11.3 Å². The maximum absolute atomic E-state index is 9.50. The molecule has 0 spiro atoms. The number of nitrogen functional groups attached to an aromatic ring is 1. The van der Waals surface area contributed by atoms with Gasteiger partial charge in [-0.3, -0.25) is 0 Å². The second-order valence-electron chi connectivity index (χ2n) is 4.16. The monoisotopic (exact) mass is 284 g/mol. The molecule has 0 bridgehead atoms. The lowest BCUT2D eigenvalue weighted by Gasteiger charge is -2.06. The lowest BCUT2D eigenvalue weighted by Crippen LogP contribution is -2.01. The van der Waals surface area contributed by atoms with Crippen molar-refractivity contribution in [1.29, 1.82) is 0 Å². The molecule has 3 aromatic rings. The number of thiophene rings is 1. The highest BCUT2D eigenvalue weighted by molar-refractivity contribution is 7.12. The molecule has 20 heavy (non-hydrogen) atoms. The summed E-state index contributed by atoms with van der Waals surface area (Å²) in [5.74, 6) is 0.685. The van der Waals surface area contributed by atoms with E-state index in [-0.39, 0.29) is 5.76 Å². The van der Waals surface area contributed by atoms with Gasteiger partial charge in [-0.1, -0.05) is 12.6 Å². The molecule has 0 fully saturated rings. The summed E-state index contributed by atoms with van der Waals surface area (Å²) in [6, 6.07) is 7.47. The van der Waals surface area contributed by atoms with Crippen molar-refractivity contribution in [2.45, 2.75) is 0 Å². The molecule has 0 amide bonds. The van der Waals surface area contributed by atoms with Crippen LogP contribution in [0.15, 0.2) is 48.6 Å². The van der Waals surface area contributed by atoms with Gasteiger partial charge in [0.2, 0.25) is 0 Å². The summed E-state index contributed by atoms with van der Waals surface area (Å²) < 4.78 is 1.71. The Kier molecular flexibility index (Phi) is 3.00. The zero-order chi connectivity index (χ0) is 14.1. The molecule has 0 aromatic carbocycles. The van der Waals surface area contributed by atoms with Crippen molar-refractivity contribution in [3.8, 4) is 17.1 Å². The summed E-state index contributed by atoms with van der Waals surface area (Å²) in [6.07, 6.45) is 3.40. The van der Waals surface area contributed by atoms with Crippen LogP contribution in [0.25, 0.3) is 22.8 Å². The number of rotatable bonds is 3. The first kappa shape index (κ1) is 12.4. The first-order chi connectivity index (χ1) is 9.68. The zero-order valence-electron chi connectivity index (χ0n) is 10.5. The number of aliphatic hydroxyl groups excluding tert-OH is 1. The number of aliphatic hydroxyl groups is 1. The smallest absolute Gasteiger partial charge is 0.153 e. The van der Waals surface area contributed by atoms with Crippen molar-refractivity contribution in [2.24, 2.45) is 0 Å². The van der Waals surface area contributed by atoms with Gasteiger partial charge in [0.1, 0.15) is 5.76 Å². The minimum atomic E-state index is -0.0253. The van der Waals surface area contributed by atoms with Gasteiger partial charge in [-0.25, -0.2) is 9.67 Å². The molecule has 0 saturated carbocycles. The van der Waals surface area contributed by atoms with Gasteiger partial charge in [-0.2, -0.15) is 5.10 Å². The van der Waals surface area contributed by atoms with Crippen LogP contribution in [0.2, 0.25) is 0 Å². The van der Waals surface area contributed by atoms with E-state index in [0.29, 0.717) is 16.4 Å². The largest absolute Gasteiger partial charge is 0.507 e. The maximum Gasteiger partial charge on any atom is 0.153 e. The zero-order valence-corrected chi connectivity index (χ0v) is 11.3. The number of aromatic nitrogens is 3. The molecule has 5 nitrogen and oxygen atoms in total.